The highest BCUT2D eigenvalue weighted by atomic mass is 16.5. The first kappa shape index (κ1) is 15.6. The van der Waals surface area contributed by atoms with Gasteiger partial charge in [0.05, 0.1) is 13.2 Å². The summed E-state index contributed by atoms with van der Waals surface area (Å²) in [6, 6.07) is 8.30. The fraction of sp³-hybridized carbons (Fsp3) is 0.550. The molecule has 2 saturated carbocycles. The largest absolute Gasteiger partial charge is 0.493 e. The number of rotatable bonds is 6. The van der Waals surface area contributed by atoms with Gasteiger partial charge in [-0.3, -0.25) is 4.79 Å². The van der Waals surface area contributed by atoms with Crippen LogP contribution in [0.1, 0.15) is 51.1 Å². The number of aromatic nitrogens is 1. The van der Waals surface area contributed by atoms with E-state index in [1.165, 1.54) is 25.7 Å². The Balaban J connectivity index is 1.38. The maximum absolute atomic E-state index is 12.0. The molecule has 128 valence electrons. The SMILES string of the molecule is CC1(C(=O)NCc2cc3ccc(OCC4CCCC4)cc3[nH]2)CC1. The quantitative estimate of drug-likeness (QED) is 0.838. The van der Waals surface area contributed by atoms with E-state index in [4.69, 9.17) is 4.74 Å². The van der Waals surface area contributed by atoms with Crippen LogP contribution in [0.3, 0.4) is 0 Å². The molecule has 4 nitrogen and oxygen atoms in total. The molecule has 4 rings (SSSR count). The molecule has 1 aromatic heterocycles. The molecule has 2 fully saturated rings. The molecule has 0 bridgehead atoms. The molecule has 2 aliphatic carbocycles. The summed E-state index contributed by atoms with van der Waals surface area (Å²) < 4.78 is 5.97. The lowest BCUT2D eigenvalue weighted by Gasteiger charge is -2.11. The highest BCUT2D eigenvalue weighted by molar-refractivity contribution is 5.85. The van der Waals surface area contributed by atoms with Gasteiger partial charge in [-0.1, -0.05) is 19.8 Å². The third kappa shape index (κ3) is 3.28. The van der Waals surface area contributed by atoms with E-state index in [1.807, 2.05) is 13.0 Å². The van der Waals surface area contributed by atoms with E-state index in [0.29, 0.717) is 6.54 Å². The van der Waals surface area contributed by atoms with Gasteiger partial charge in [0.25, 0.3) is 0 Å². The van der Waals surface area contributed by atoms with Gasteiger partial charge in [-0.2, -0.15) is 0 Å². The molecule has 4 heteroatoms. The highest BCUT2D eigenvalue weighted by Crippen LogP contribution is 2.45. The van der Waals surface area contributed by atoms with Crippen LogP contribution in [0.2, 0.25) is 0 Å². The van der Waals surface area contributed by atoms with Crippen molar-refractivity contribution in [3.05, 3.63) is 30.0 Å². The smallest absolute Gasteiger partial charge is 0.226 e. The van der Waals surface area contributed by atoms with E-state index in [0.717, 1.165) is 47.7 Å². The maximum atomic E-state index is 12.0. The van der Waals surface area contributed by atoms with Crippen LogP contribution in [0, 0.1) is 11.3 Å². The van der Waals surface area contributed by atoms with Gasteiger partial charge < -0.3 is 15.0 Å². The molecule has 0 aliphatic heterocycles. The van der Waals surface area contributed by atoms with Gasteiger partial charge in [0.15, 0.2) is 0 Å². The maximum Gasteiger partial charge on any atom is 0.226 e. The van der Waals surface area contributed by atoms with Crippen molar-refractivity contribution in [3.8, 4) is 5.75 Å². The van der Waals surface area contributed by atoms with Crippen LogP contribution in [0.5, 0.6) is 5.75 Å². The molecule has 0 unspecified atom stereocenters. The number of aromatic amines is 1. The third-order valence-electron chi connectivity index (χ3n) is 5.60. The summed E-state index contributed by atoms with van der Waals surface area (Å²) >= 11 is 0. The van der Waals surface area contributed by atoms with Gasteiger partial charge in [0.2, 0.25) is 5.91 Å². The van der Waals surface area contributed by atoms with Gasteiger partial charge in [-0.15, -0.1) is 0 Å². The number of H-pyrrole nitrogens is 1. The van der Waals surface area contributed by atoms with E-state index in [2.05, 4.69) is 28.5 Å². The predicted octanol–water partition coefficient (Wildman–Crippen LogP) is 4.15. The number of hydrogen-bond acceptors (Lipinski definition) is 2. The van der Waals surface area contributed by atoms with E-state index in [-0.39, 0.29) is 11.3 Å². The first-order valence-corrected chi connectivity index (χ1v) is 9.15. The third-order valence-corrected chi connectivity index (χ3v) is 5.60. The lowest BCUT2D eigenvalue weighted by molar-refractivity contribution is -0.125. The van der Waals surface area contributed by atoms with Crippen molar-refractivity contribution >= 4 is 16.8 Å². The number of benzene rings is 1. The van der Waals surface area contributed by atoms with Crippen LogP contribution < -0.4 is 10.1 Å². The number of nitrogens with one attached hydrogen (secondary N) is 2. The minimum absolute atomic E-state index is 0.118. The summed E-state index contributed by atoms with van der Waals surface area (Å²) in [5, 5.41) is 4.20. The van der Waals surface area contributed by atoms with E-state index < -0.39 is 0 Å². The Labute approximate surface area is 143 Å². The van der Waals surface area contributed by atoms with E-state index in [9.17, 15) is 4.79 Å². The molecule has 0 atom stereocenters. The summed E-state index contributed by atoms with van der Waals surface area (Å²) in [6.07, 6.45) is 7.30. The molecule has 1 amide bonds. The number of carbonyl (C=O) groups is 1. The molecule has 0 saturated heterocycles. The summed E-state index contributed by atoms with van der Waals surface area (Å²) in [6.45, 7) is 3.41. The predicted molar refractivity (Wildman–Crippen MR) is 94.9 cm³/mol. The molecular weight excluding hydrogens is 300 g/mol. The van der Waals surface area contributed by atoms with Crippen molar-refractivity contribution in [1.82, 2.24) is 10.3 Å². The van der Waals surface area contributed by atoms with E-state index >= 15 is 0 Å². The molecule has 1 aromatic carbocycles. The average Bonchev–Trinajstić information content (AvgIpc) is 3.03. The Bertz CT molecular complexity index is 739. The molecule has 0 radical (unpaired) electrons. The summed E-state index contributed by atoms with van der Waals surface area (Å²) in [5.41, 5.74) is 1.99. The lowest BCUT2D eigenvalue weighted by Crippen LogP contribution is -2.29. The number of amides is 1. The van der Waals surface area contributed by atoms with Gasteiger partial charge in [0, 0.05) is 22.7 Å². The lowest BCUT2D eigenvalue weighted by atomic mass is 10.1. The minimum Gasteiger partial charge on any atom is -0.493 e. The number of ether oxygens (including phenoxy) is 1. The summed E-state index contributed by atoms with van der Waals surface area (Å²) in [4.78, 5) is 15.4. The fourth-order valence-corrected chi connectivity index (χ4v) is 3.55. The van der Waals surface area contributed by atoms with Crippen LogP contribution >= 0.6 is 0 Å². The van der Waals surface area contributed by atoms with Crippen molar-refractivity contribution in [3.63, 3.8) is 0 Å². The van der Waals surface area contributed by atoms with Crippen LogP contribution in [0.15, 0.2) is 24.3 Å². The van der Waals surface area contributed by atoms with Gasteiger partial charge in [0.1, 0.15) is 5.75 Å². The van der Waals surface area contributed by atoms with Crippen molar-refractivity contribution in [2.75, 3.05) is 6.61 Å². The average molecular weight is 326 g/mol. The van der Waals surface area contributed by atoms with Crippen LogP contribution in [-0.2, 0) is 11.3 Å². The second-order valence-electron chi connectivity index (χ2n) is 7.75. The van der Waals surface area contributed by atoms with Crippen molar-refractivity contribution in [2.45, 2.75) is 52.0 Å². The van der Waals surface area contributed by atoms with E-state index in [1.54, 1.807) is 0 Å². The number of carbonyl (C=O) groups excluding carboxylic acids is 1. The Morgan fingerprint density at radius 1 is 1.29 bits per heavy atom. The zero-order valence-corrected chi connectivity index (χ0v) is 14.4. The number of fused-ring (bicyclic) bond motifs is 1. The Morgan fingerprint density at radius 3 is 2.83 bits per heavy atom. The topological polar surface area (TPSA) is 54.1 Å². The Kier molecular flexibility index (Phi) is 3.99. The molecule has 2 N–H and O–H groups in total. The Morgan fingerprint density at radius 2 is 2.08 bits per heavy atom. The molecule has 24 heavy (non-hydrogen) atoms. The minimum atomic E-state index is -0.118. The molecular formula is C20H26N2O2. The highest BCUT2D eigenvalue weighted by Gasteiger charge is 2.44. The molecule has 2 aliphatic rings. The fourth-order valence-electron chi connectivity index (χ4n) is 3.55. The second kappa shape index (κ2) is 6.15. The normalized spacial score (nSPS) is 19.5. The van der Waals surface area contributed by atoms with Gasteiger partial charge in [-0.25, -0.2) is 0 Å². The van der Waals surface area contributed by atoms with Gasteiger partial charge in [-0.05, 0) is 55.2 Å². The van der Waals surface area contributed by atoms with Crippen LogP contribution in [-0.4, -0.2) is 17.5 Å². The zero-order valence-electron chi connectivity index (χ0n) is 14.4. The molecule has 1 heterocycles. The summed E-state index contributed by atoms with van der Waals surface area (Å²) in [5.74, 6) is 1.82. The first-order chi connectivity index (χ1) is 11.6. The number of hydrogen-bond donors (Lipinski definition) is 2. The Hall–Kier alpha value is -1.97. The van der Waals surface area contributed by atoms with Crippen molar-refractivity contribution in [1.29, 1.82) is 0 Å². The van der Waals surface area contributed by atoms with Crippen LogP contribution in [0.25, 0.3) is 10.9 Å². The van der Waals surface area contributed by atoms with Crippen molar-refractivity contribution in [2.24, 2.45) is 11.3 Å². The monoisotopic (exact) mass is 326 g/mol. The molecule has 0 spiro atoms. The summed E-state index contributed by atoms with van der Waals surface area (Å²) in [7, 11) is 0. The second-order valence-corrected chi connectivity index (χ2v) is 7.75. The zero-order chi connectivity index (χ0) is 16.6. The van der Waals surface area contributed by atoms with Gasteiger partial charge >= 0.3 is 0 Å². The van der Waals surface area contributed by atoms with Crippen molar-refractivity contribution < 1.29 is 9.53 Å². The van der Waals surface area contributed by atoms with Crippen LogP contribution in [0.4, 0.5) is 0 Å². The first-order valence-electron chi connectivity index (χ1n) is 9.15. The standard InChI is InChI=1S/C20H26N2O2/c1-20(8-9-20)19(23)21-12-16-10-15-6-7-17(11-18(15)22-16)24-13-14-4-2-3-5-14/h6-7,10-11,14,22H,2-5,8-9,12-13H2,1H3,(H,21,23). The molecule has 2 aromatic rings.